The summed E-state index contributed by atoms with van der Waals surface area (Å²) in [5, 5.41) is 7.01. The number of rotatable bonds is 3. The number of anilines is 1. The Morgan fingerprint density at radius 2 is 2.06 bits per heavy atom. The maximum atomic E-state index is 11.9. The van der Waals surface area contributed by atoms with Crippen molar-refractivity contribution < 1.29 is 4.79 Å². The number of hydrogen-bond acceptors (Lipinski definition) is 2. The number of nitrogens with one attached hydrogen (secondary N) is 1. The molecule has 1 amide bonds. The minimum absolute atomic E-state index is 0.0597. The summed E-state index contributed by atoms with van der Waals surface area (Å²) in [6.45, 7) is 6.21. The monoisotopic (exact) mass is 243 g/mol. The van der Waals surface area contributed by atoms with Gasteiger partial charge in [-0.1, -0.05) is 12.1 Å². The second kappa shape index (κ2) is 5.04. The molecule has 1 aromatic carbocycles. The number of aryl methyl sites for hydroxylation is 2. The van der Waals surface area contributed by atoms with E-state index in [1.165, 1.54) is 5.56 Å². The first-order chi connectivity index (χ1) is 8.58. The lowest BCUT2D eigenvalue weighted by atomic mass is 10.1. The van der Waals surface area contributed by atoms with Gasteiger partial charge in [-0.25, -0.2) is 0 Å². The highest BCUT2D eigenvalue weighted by Gasteiger charge is 2.08. The third-order valence-electron chi connectivity index (χ3n) is 3.10. The van der Waals surface area contributed by atoms with Crippen molar-refractivity contribution in [1.82, 2.24) is 9.78 Å². The number of benzene rings is 1. The first kappa shape index (κ1) is 12.4. The van der Waals surface area contributed by atoms with Gasteiger partial charge in [0.1, 0.15) is 6.54 Å². The van der Waals surface area contributed by atoms with E-state index in [0.717, 1.165) is 16.9 Å². The van der Waals surface area contributed by atoms with Crippen LogP contribution < -0.4 is 5.32 Å². The van der Waals surface area contributed by atoms with Crippen LogP contribution in [0.4, 0.5) is 5.69 Å². The van der Waals surface area contributed by atoms with E-state index < -0.39 is 0 Å². The van der Waals surface area contributed by atoms with Gasteiger partial charge in [-0.15, -0.1) is 0 Å². The molecule has 2 aromatic rings. The molecule has 0 aliphatic rings. The molecule has 0 bridgehead atoms. The van der Waals surface area contributed by atoms with Gasteiger partial charge in [0.2, 0.25) is 5.91 Å². The van der Waals surface area contributed by atoms with Gasteiger partial charge >= 0.3 is 0 Å². The molecule has 2 rings (SSSR count). The van der Waals surface area contributed by atoms with Crippen LogP contribution >= 0.6 is 0 Å². The van der Waals surface area contributed by atoms with Crippen LogP contribution in [0.5, 0.6) is 0 Å². The predicted molar refractivity (Wildman–Crippen MR) is 71.5 cm³/mol. The molecule has 0 aliphatic heterocycles. The minimum Gasteiger partial charge on any atom is -0.324 e. The zero-order valence-corrected chi connectivity index (χ0v) is 10.9. The minimum atomic E-state index is -0.0597. The third kappa shape index (κ3) is 2.59. The van der Waals surface area contributed by atoms with E-state index in [0.29, 0.717) is 0 Å². The standard InChI is InChI=1S/C14H17N3O/c1-10-5-4-6-13(12(10)3)16-14(18)9-17-11(2)7-8-15-17/h4-8H,9H2,1-3H3,(H,16,18). The van der Waals surface area contributed by atoms with E-state index in [2.05, 4.69) is 10.4 Å². The Labute approximate surface area is 107 Å². The maximum absolute atomic E-state index is 11.9. The lowest BCUT2D eigenvalue weighted by Crippen LogP contribution is -2.20. The van der Waals surface area contributed by atoms with E-state index in [9.17, 15) is 4.79 Å². The molecule has 0 spiro atoms. The predicted octanol–water partition coefficient (Wildman–Crippen LogP) is 2.45. The molecule has 0 radical (unpaired) electrons. The van der Waals surface area contributed by atoms with Gasteiger partial charge in [0.05, 0.1) is 0 Å². The fourth-order valence-corrected chi connectivity index (χ4v) is 1.78. The van der Waals surface area contributed by atoms with Crippen molar-refractivity contribution >= 4 is 11.6 Å². The van der Waals surface area contributed by atoms with E-state index in [1.807, 2.05) is 45.0 Å². The summed E-state index contributed by atoms with van der Waals surface area (Å²) in [6.07, 6.45) is 1.69. The number of aromatic nitrogens is 2. The Kier molecular flexibility index (Phi) is 3.46. The highest BCUT2D eigenvalue weighted by molar-refractivity contribution is 5.91. The average Bonchev–Trinajstić information content (AvgIpc) is 2.71. The van der Waals surface area contributed by atoms with Crippen molar-refractivity contribution in [2.45, 2.75) is 27.3 Å². The fraction of sp³-hybridized carbons (Fsp3) is 0.286. The number of nitrogens with zero attached hydrogens (tertiary/aromatic N) is 2. The summed E-state index contributed by atoms with van der Waals surface area (Å²) in [4.78, 5) is 11.9. The molecule has 0 unspecified atom stereocenters. The molecule has 0 saturated heterocycles. The summed E-state index contributed by atoms with van der Waals surface area (Å²) in [7, 11) is 0. The molecule has 0 aliphatic carbocycles. The molecule has 1 heterocycles. The lowest BCUT2D eigenvalue weighted by molar-refractivity contribution is -0.116. The summed E-state index contributed by atoms with van der Waals surface area (Å²) < 4.78 is 1.68. The molecule has 94 valence electrons. The number of carbonyl (C=O) groups is 1. The van der Waals surface area contributed by atoms with Gasteiger partial charge in [0, 0.05) is 17.6 Å². The summed E-state index contributed by atoms with van der Waals surface area (Å²) in [5.41, 5.74) is 4.11. The van der Waals surface area contributed by atoms with Crippen LogP contribution in [-0.2, 0) is 11.3 Å². The Morgan fingerprint density at radius 3 is 2.72 bits per heavy atom. The van der Waals surface area contributed by atoms with Crippen LogP contribution in [0, 0.1) is 20.8 Å². The summed E-state index contributed by atoms with van der Waals surface area (Å²) >= 11 is 0. The SMILES string of the molecule is Cc1cccc(NC(=O)Cn2nccc2C)c1C. The van der Waals surface area contributed by atoms with Gasteiger partial charge in [-0.2, -0.15) is 5.10 Å². The van der Waals surface area contributed by atoms with Crippen molar-refractivity contribution in [3.8, 4) is 0 Å². The smallest absolute Gasteiger partial charge is 0.246 e. The van der Waals surface area contributed by atoms with E-state index in [1.54, 1.807) is 10.9 Å². The van der Waals surface area contributed by atoms with E-state index >= 15 is 0 Å². The maximum Gasteiger partial charge on any atom is 0.246 e. The highest BCUT2D eigenvalue weighted by atomic mass is 16.2. The van der Waals surface area contributed by atoms with Gasteiger partial charge in [0.15, 0.2) is 0 Å². The van der Waals surface area contributed by atoms with Gasteiger partial charge in [-0.3, -0.25) is 9.48 Å². The van der Waals surface area contributed by atoms with Crippen molar-refractivity contribution in [2.75, 3.05) is 5.32 Å². The van der Waals surface area contributed by atoms with Crippen LogP contribution in [0.3, 0.4) is 0 Å². The zero-order valence-electron chi connectivity index (χ0n) is 10.9. The Morgan fingerprint density at radius 1 is 1.28 bits per heavy atom. The molecule has 0 atom stereocenters. The summed E-state index contributed by atoms with van der Waals surface area (Å²) in [6, 6.07) is 7.76. The van der Waals surface area contributed by atoms with E-state index in [-0.39, 0.29) is 12.5 Å². The lowest BCUT2D eigenvalue weighted by Gasteiger charge is -2.10. The topological polar surface area (TPSA) is 46.9 Å². The summed E-state index contributed by atoms with van der Waals surface area (Å²) in [5.74, 6) is -0.0597. The molecular formula is C14H17N3O. The second-order valence-electron chi connectivity index (χ2n) is 4.43. The fourth-order valence-electron chi connectivity index (χ4n) is 1.78. The van der Waals surface area contributed by atoms with Crippen molar-refractivity contribution in [3.63, 3.8) is 0 Å². The normalized spacial score (nSPS) is 10.4. The van der Waals surface area contributed by atoms with Gasteiger partial charge < -0.3 is 5.32 Å². The molecule has 4 heteroatoms. The second-order valence-corrected chi connectivity index (χ2v) is 4.43. The molecule has 0 saturated carbocycles. The molecule has 4 nitrogen and oxygen atoms in total. The Balaban J connectivity index is 2.08. The quantitative estimate of drug-likeness (QED) is 0.900. The highest BCUT2D eigenvalue weighted by Crippen LogP contribution is 2.17. The number of carbonyl (C=O) groups excluding carboxylic acids is 1. The molecule has 1 aromatic heterocycles. The van der Waals surface area contributed by atoms with Crippen molar-refractivity contribution in [2.24, 2.45) is 0 Å². The van der Waals surface area contributed by atoms with Crippen LogP contribution in [0.1, 0.15) is 16.8 Å². The molecular weight excluding hydrogens is 226 g/mol. The number of hydrogen-bond donors (Lipinski definition) is 1. The Hall–Kier alpha value is -2.10. The van der Waals surface area contributed by atoms with Gasteiger partial charge in [-0.05, 0) is 44.0 Å². The number of amides is 1. The van der Waals surface area contributed by atoms with Crippen LogP contribution in [0.25, 0.3) is 0 Å². The van der Waals surface area contributed by atoms with Crippen LogP contribution in [-0.4, -0.2) is 15.7 Å². The zero-order chi connectivity index (χ0) is 13.1. The first-order valence-electron chi connectivity index (χ1n) is 5.92. The van der Waals surface area contributed by atoms with Gasteiger partial charge in [0.25, 0.3) is 0 Å². The van der Waals surface area contributed by atoms with Crippen molar-refractivity contribution in [3.05, 3.63) is 47.3 Å². The Bertz CT molecular complexity index is 572. The van der Waals surface area contributed by atoms with Crippen LogP contribution in [0.15, 0.2) is 30.5 Å². The van der Waals surface area contributed by atoms with Crippen LogP contribution in [0.2, 0.25) is 0 Å². The first-order valence-corrected chi connectivity index (χ1v) is 5.92. The third-order valence-corrected chi connectivity index (χ3v) is 3.10. The molecule has 1 N–H and O–H groups in total. The van der Waals surface area contributed by atoms with E-state index in [4.69, 9.17) is 0 Å². The molecule has 18 heavy (non-hydrogen) atoms. The molecule has 0 fully saturated rings. The average molecular weight is 243 g/mol. The largest absolute Gasteiger partial charge is 0.324 e. The van der Waals surface area contributed by atoms with Crippen molar-refractivity contribution in [1.29, 1.82) is 0 Å².